The van der Waals surface area contributed by atoms with Gasteiger partial charge in [-0.1, -0.05) is 18.5 Å². The van der Waals surface area contributed by atoms with Crippen molar-refractivity contribution in [2.24, 2.45) is 0 Å². The lowest BCUT2D eigenvalue weighted by molar-refractivity contribution is -0.118. The van der Waals surface area contributed by atoms with Crippen LogP contribution >= 0.6 is 11.6 Å². The summed E-state index contributed by atoms with van der Waals surface area (Å²) in [6.45, 7) is 2.00. The number of hydrogen-bond acceptors (Lipinski definition) is 4. The number of hydrogen-bond donors (Lipinski definition) is 2. The molecule has 1 atom stereocenters. The number of aryl methyl sites for hydroxylation is 1. The first-order valence-electron chi connectivity index (χ1n) is 8.25. The minimum absolute atomic E-state index is 0.0472. The van der Waals surface area contributed by atoms with Gasteiger partial charge < -0.3 is 19.7 Å². The molecule has 2 heterocycles. The van der Waals surface area contributed by atoms with Crippen LogP contribution in [-0.2, 0) is 11.2 Å². The van der Waals surface area contributed by atoms with Crippen LogP contribution in [0.25, 0.3) is 0 Å². The molecule has 2 amide bonds. The molecule has 1 aliphatic rings. The molecule has 0 radical (unpaired) electrons. The summed E-state index contributed by atoms with van der Waals surface area (Å²) < 4.78 is 18.9. The van der Waals surface area contributed by atoms with Crippen LogP contribution in [0.1, 0.15) is 40.0 Å². The normalized spacial score (nSPS) is 16.6. The van der Waals surface area contributed by atoms with Crippen molar-refractivity contribution >= 4 is 35.1 Å². The lowest BCUT2D eigenvalue weighted by atomic mass is 10.2. The molecule has 142 valence electrons. The molecule has 9 heteroatoms. The maximum absolute atomic E-state index is 13.6. The molecule has 1 saturated heterocycles. The number of carbonyl (C=O) groups excluding carboxylic acids is 2. The van der Waals surface area contributed by atoms with E-state index < -0.39 is 29.6 Å². The zero-order chi connectivity index (χ0) is 19.7. The fourth-order valence-electron chi connectivity index (χ4n) is 2.94. The Kier molecular flexibility index (Phi) is 5.18. The lowest BCUT2D eigenvalue weighted by Crippen LogP contribution is -2.41. The van der Waals surface area contributed by atoms with E-state index >= 15 is 0 Å². The second-order valence-electron chi connectivity index (χ2n) is 6.01. The van der Waals surface area contributed by atoms with Crippen molar-refractivity contribution in [2.75, 3.05) is 11.4 Å². The highest BCUT2D eigenvalue weighted by atomic mass is 35.5. The summed E-state index contributed by atoms with van der Waals surface area (Å²) in [6, 6.07) is 4.35. The van der Waals surface area contributed by atoms with Gasteiger partial charge in [-0.2, -0.15) is 0 Å². The number of rotatable bonds is 5. The first-order valence-corrected chi connectivity index (χ1v) is 8.63. The molecule has 2 N–H and O–H groups in total. The number of amides is 2. The number of carboxylic acids is 1. The van der Waals surface area contributed by atoms with E-state index in [-0.39, 0.29) is 22.1 Å². The predicted molar refractivity (Wildman–Crippen MR) is 94.7 cm³/mol. The summed E-state index contributed by atoms with van der Waals surface area (Å²) in [4.78, 5) is 37.4. The minimum atomic E-state index is -1.19. The Bertz CT molecular complexity index is 926. The Hall–Kier alpha value is -2.87. The van der Waals surface area contributed by atoms with E-state index in [1.807, 2.05) is 0 Å². The number of benzene rings is 1. The predicted octanol–water partition coefficient (Wildman–Crippen LogP) is 2.87. The highest BCUT2D eigenvalue weighted by molar-refractivity contribution is 6.30. The third-order valence-electron chi connectivity index (χ3n) is 4.31. The lowest BCUT2D eigenvalue weighted by Gasteiger charge is -2.17. The highest BCUT2D eigenvalue weighted by Crippen LogP contribution is 2.26. The summed E-state index contributed by atoms with van der Waals surface area (Å²) in [6.07, 6.45) is 0.634. The van der Waals surface area contributed by atoms with Gasteiger partial charge in [-0.3, -0.25) is 9.59 Å². The molecule has 1 fully saturated rings. The fraction of sp³-hybridized carbons (Fsp3) is 0.278. The number of carboxylic acid groups (broad SMARTS) is 1. The molecule has 3 rings (SSSR count). The van der Waals surface area contributed by atoms with Crippen molar-refractivity contribution in [1.29, 1.82) is 0 Å². The van der Waals surface area contributed by atoms with Crippen molar-refractivity contribution in [1.82, 2.24) is 5.32 Å². The quantitative estimate of drug-likeness (QED) is 0.812. The van der Waals surface area contributed by atoms with E-state index in [4.69, 9.17) is 21.1 Å². The molecule has 0 bridgehead atoms. The van der Waals surface area contributed by atoms with E-state index in [2.05, 4.69) is 5.32 Å². The van der Waals surface area contributed by atoms with Gasteiger partial charge in [0.15, 0.2) is 5.76 Å². The third kappa shape index (κ3) is 3.66. The smallest absolute Gasteiger partial charge is 0.339 e. The summed E-state index contributed by atoms with van der Waals surface area (Å²) in [5, 5.41) is 11.6. The Labute approximate surface area is 158 Å². The van der Waals surface area contributed by atoms with E-state index in [0.29, 0.717) is 25.1 Å². The van der Waals surface area contributed by atoms with E-state index in [0.717, 1.165) is 12.1 Å². The molecule has 0 saturated carbocycles. The second kappa shape index (κ2) is 7.40. The van der Waals surface area contributed by atoms with E-state index in [1.165, 1.54) is 17.0 Å². The zero-order valence-corrected chi connectivity index (χ0v) is 15.0. The van der Waals surface area contributed by atoms with Crippen LogP contribution in [0.15, 0.2) is 28.7 Å². The molecule has 1 aromatic heterocycles. The summed E-state index contributed by atoms with van der Waals surface area (Å²) in [7, 11) is 0. The monoisotopic (exact) mass is 394 g/mol. The molecular formula is C18H16ClFN2O5. The maximum Gasteiger partial charge on any atom is 0.339 e. The van der Waals surface area contributed by atoms with Crippen molar-refractivity contribution in [3.63, 3.8) is 0 Å². The maximum atomic E-state index is 13.6. The number of anilines is 1. The molecule has 1 aliphatic heterocycles. The molecule has 7 nitrogen and oxygen atoms in total. The molecule has 0 aliphatic carbocycles. The number of aromatic carboxylic acids is 1. The number of furan rings is 1. The van der Waals surface area contributed by atoms with Gasteiger partial charge in [0.2, 0.25) is 5.91 Å². The number of carbonyl (C=O) groups is 3. The largest absolute Gasteiger partial charge is 0.478 e. The number of nitrogens with zero attached hydrogens (tertiary/aromatic N) is 1. The Morgan fingerprint density at radius 1 is 1.41 bits per heavy atom. The second-order valence-corrected chi connectivity index (χ2v) is 6.42. The van der Waals surface area contributed by atoms with Crippen molar-refractivity contribution in [2.45, 2.75) is 25.8 Å². The number of halogens is 2. The summed E-state index contributed by atoms with van der Waals surface area (Å²) >= 11 is 5.65. The number of nitrogens with one attached hydrogen (secondary N) is 1. The van der Waals surface area contributed by atoms with Crippen LogP contribution in [-0.4, -0.2) is 35.5 Å². The summed E-state index contributed by atoms with van der Waals surface area (Å²) in [5.74, 6) is -2.90. The van der Waals surface area contributed by atoms with Gasteiger partial charge in [-0.05, 0) is 24.6 Å². The van der Waals surface area contributed by atoms with Gasteiger partial charge >= 0.3 is 5.97 Å². The van der Waals surface area contributed by atoms with Crippen LogP contribution in [0.2, 0.25) is 5.02 Å². The van der Waals surface area contributed by atoms with Crippen LogP contribution in [0.4, 0.5) is 10.1 Å². The van der Waals surface area contributed by atoms with Gasteiger partial charge in [0, 0.05) is 24.7 Å². The standard InChI is InChI=1S/C18H16ClFN2O5/c1-2-14-10(18(25)26)8-15(27-14)16(23)21-13-5-6-22(17(13)24)9-3-4-11(19)12(20)7-9/h3-4,7-8,13H,2,5-6H2,1H3,(H,21,23)(H,25,26). The fourth-order valence-corrected chi connectivity index (χ4v) is 3.05. The summed E-state index contributed by atoms with van der Waals surface area (Å²) in [5.41, 5.74) is 0.261. The molecule has 1 aromatic carbocycles. The van der Waals surface area contributed by atoms with Crippen molar-refractivity contribution in [3.05, 3.63) is 52.2 Å². The topological polar surface area (TPSA) is 99.9 Å². The zero-order valence-electron chi connectivity index (χ0n) is 14.3. The van der Waals surface area contributed by atoms with Gasteiger partial charge in [0.25, 0.3) is 5.91 Å². The van der Waals surface area contributed by atoms with Crippen molar-refractivity contribution in [3.8, 4) is 0 Å². The first kappa shape index (κ1) is 18.9. The van der Waals surface area contributed by atoms with Crippen LogP contribution < -0.4 is 10.2 Å². The molecular weight excluding hydrogens is 379 g/mol. The average molecular weight is 395 g/mol. The molecule has 2 aromatic rings. The minimum Gasteiger partial charge on any atom is -0.478 e. The van der Waals surface area contributed by atoms with E-state index in [1.54, 1.807) is 6.92 Å². The first-order chi connectivity index (χ1) is 12.8. The SMILES string of the molecule is CCc1oc(C(=O)NC2CCN(c3ccc(Cl)c(F)c3)C2=O)cc1C(=O)O. The molecule has 27 heavy (non-hydrogen) atoms. The van der Waals surface area contributed by atoms with Gasteiger partial charge in [-0.25, -0.2) is 9.18 Å². The van der Waals surface area contributed by atoms with E-state index in [9.17, 15) is 18.8 Å². The average Bonchev–Trinajstić information content (AvgIpc) is 3.22. The van der Waals surface area contributed by atoms with Crippen LogP contribution in [0, 0.1) is 5.82 Å². The van der Waals surface area contributed by atoms with Crippen molar-refractivity contribution < 1.29 is 28.3 Å². The Balaban J connectivity index is 1.73. The Morgan fingerprint density at radius 3 is 2.74 bits per heavy atom. The van der Waals surface area contributed by atoms with Gasteiger partial charge in [0.05, 0.1) is 5.02 Å². The Morgan fingerprint density at radius 2 is 2.15 bits per heavy atom. The van der Waals surface area contributed by atoms with Gasteiger partial charge in [0.1, 0.15) is 23.2 Å². The van der Waals surface area contributed by atoms with Crippen LogP contribution in [0.5, 0.6) is 0 Å². The van der Waals surface area contributed by atoms with Crippen LogP contribution in [0.3, 0.4) is 0 Å². The highest BCUT2D eigenvalue weighted by Gasteiger charge is 2.35. The van der Waals surface area contributed by atoms with Gasteiger partial charge in [-0.15, -0.1) is 0 Å². The molecule has 1 unspecified atom stereocenters. The molecule has 0 spiro atoms. The third-order valence-corrected chi connectivity index (χ3v) is 4.62.